The molecule has 0 amide bonds. The number of phenols is 1. The van der Waals surface area contributed by atoms with Gasteiger partial charge >= 0.3 is 0 Å². The molecule has 1 spiro atoms. The topological polar surface area (TPSA) is 48.8 Å². The molecule has 3 aromatic rings. The van der Waals surface area contributed by atoms with Crippen molar-refractivity contribution in [3.05, 3.63) is 65.9 Å². The lowest BCUT2D eigenvalue weighted by molar-refractivity contribution is -0.0410. The number of nitrogens with zero attached hydrogens (tertiary/aromatic N) is 3. The maximum atomic E-state index is 10.6. The number of phenolic OH excluding ortho intramolecular Hbond substituents is 1. The molecule has 0 saturated carbocycles. The number of likely N-dealkylation sites (tertiary alicyclic amines) is 1. The Balaban J connectivity index is 1.48. The fraction of sp³-hybridized carbons (Fsp3) is 0.433. The molecule has 0 bridgehead atoms. The summed E-state index contributed by atoms with van der Waals surface area (Å²) in [5, 5.41) is 12.8. The molecule has 0 aliphatic carbocycles. The van der Waals surface area contributed by atoms with Crippen molar-refractivity contribution in [1.82, 2.24) is 9.88 Å². The predicted molar refractivity (Wildman–Crippen MR) is 142 cm³/mol. The van der Waals surface area contributed by atoms with E-state index in [1.165, 1.54) is 17.5 Å². The van der Waals surface area contributed by atoms with Crippen molar-refractivity contribution >= 4 is 16.6 Å². The summed E-state index contributed by atoms with van der Waals surface area (Å²) in [5.41, 5.74) is 5.85. The quantitative estimate of drug-likeness (QED) is 0.514. The zero-order chi connectivity index (χ0) is 24.4. The van der Waals surface area contributed by atoms with Gasteiger partial charge in [0, 0.05) is 50.1 Å². The first-order valence-electron chi connectivity index (χ1n) is 12.7. The molecule has 0 unspecified atom stereocenters. The Morgan fingerprint density at radius 1 is 1.17 bits per heavy atom. The molecule has 2 aromatic carbocycles. The normalized spacial score (nSPS) is 20.7. The summed E-state index contributed by atoms with van der Waals surface area (Å²) in [6, 6.07) is 12.1. The third kappa shape index (κ3) is 3.82. The average molecular weight is 470 g/mol. The molecule has 1 aromatic heterocycles. The van der Waals surface area contributed by atoms with Gasteiger partial charge in [0.05, 0.1) is 17.9 Å². The smallest absolute Gasteiger partial charge is 0.132 e. The van der Waals surface area contributed by atoms with Crippen LogP contribution >= 0.6 is 0 Å². The van der Waals surface area contributed by atoms with Crippen molar-refractivity contribution in [2.24, 2.45) is 5.41 Å². The molecular formula is C30H35N3O2. The standard InChI is InChI=1S/C30H35N3O2/c1-5-11-32-17-30(18-32)10-12-33(19-30)28-20(2)27(25-16-35-29(3,4)15-26(25)31-28)24-14-22(34)13-21-8-6-7-9-23(21)24/h5-9,13-14,34H,1,10-12,15-19H2,2-4H3. The lowest BCUT2D eigenvalue weighted by atomic mass is 9.79. The van der Waals surface area contributed by atoms with E-state index in [0.717, 1.165) is 72.6 Å². The van der Waals surface area contributed by atoms with E-state index in [0.29, 0.717) is 17.8 Å². The molecule has 6 rings (SSSR count). The van der Waals surface area contributed by atoms with Gasteiger partial charge in [-0.1, -0.05) is 30.3 Å². The summed E-state index contributed by atoms with van der Waals surface area (Å²) in [5.74, 6) is 1.39. The number of fused-ring (bicyclic) bond motifs is 2. The number of rotatable bonds is 4. The van der Waals surface area contributed by atoms with Crippen molar-refractivity contribution in [2.75, 3.05) is 37.6 Å². The number of pyridine rings is 1. The molecule has 0 radical (unpaired) electrons. The highest BCUT2D eigenvalue weighted by atomic mass is 16.5. The monoisotopic (exact) mass is 469 g/mol. The molecule has 2 saturated heterocycles. The van der Waals surface area contributed by atoms with E-state index in [2.05, 4.69) is 55.3 Å². The summed E-state index contributed by atoms with van der Waals surface area (Å²) in [7, 11) is 0. The molecule has 0 atom stereocenters. The lowest BCUT2D eigenvalue weighted by Crippen LogP contribution is -2.57. The van der Waals surface area contributed by atoms with Crippen LogP contribution in [0.5, 0.6) is 5.75 Å². The number of aromatic nitrogens is 1. The molecule has 182 valence electrons. The molecule has 2 fully saturated rings. The van der Waals surface area contributed by atoms with Crippen molar-refractivity contribution in [3.8, 4) is 16.9 Å². The van der Waals surface area contributed by atoms with Gasteiger partial charge in [-0.05, 0) is 66.8 Å². The van der Waals surface area contributed by atoms with Crippen LogP contribution in [-0.2, 0) is 17.8 Å². The van der Waals surface area contributed by atoms with Crippen molar-refractivity contribution in [1.29, 1.82) is 0 Å². The highest BCUT2D eigenvalue weighted by Gasteiger charge is 2.48. The van der Waals surface area contributed by atoms with Crippen molar-refractivity contribution in [3.63, 3.8) is 0 Å². The first kappa shape index (κ1) is 22.6. The van der Waals surface area contributed by atoms with Gasteiger partial charge in [0.15, 0.2) is 0 Å². The predicted octanol–water partition coefficient (Wildman–Crippen LogP) is 5.47. The summed E-state index contributed by atoms with van der Waals surface area (Å²) in [6.45, 7) is 16.3. The van der Waals surface area contributed by atoms with E-state index >= 15 is 0 Å². The number of hydrogen-bond acceptors (Lipinski definition) is 5. The molecule has 5 nitrogen and oxygen atoms in total. The first-order valence-corrected chi connectivity index (χ1v) is 12.7. The van der Waals surface area contributed by atoms with Crippen molar-refractivity contribution in [2.45, 2.75) is 45.8 Å². The highest BCUT2D eigenvalue weighted by Crippen LogP contribution is 2.46. The maximum Gasteiger partial charge on any atom is 0.132 e. The van der Waals surface area contributed by atoms with Crippen LogP contribution in [0.3, 0.4) is 0 Å². The molecule has 35 heavy (non-hydrogen) atoms. The van der Waals surface area contributed by atoms with Gasteiger partial charge in [-0.15, -0.1) is 6.58 Å². The Bertz CT molecular complexity index is 1320. The Morgan fingerprint density at radius 2 is 1.97 bits per heavy atom. The molecule has 1 N–H and O–H groups in total. The Labute approximate surface area is 208 Å². The SMILES string of the molecule is C=CCN1CC2(CCN(c3nc4c(c(-c5cc(O)cc6ccccc56)c3C)COC(C)(C)C4)C2)C1. The van der Waals surface area contributed by atoms with E-state index in [4.69, 9.17) is 9.72 Å². The van der Waals surface area contributed by atoms with Gasteiger partial charge in [-0.3, -0.25) is 4.90 Å². The fourth-order valence-corrected chi connectivity index (χ4v) is 6.55. The van der Waals surface area contributed by atoms with Gasteiger partial charge in [0.25, 0.3) is 0 Å². The summed E-state index contributed by atoms with van der Waals surface area (Å²) in [6.07, 6.45) is 3.99. The Hall–Kier alpha value is -2.89. The van der Waals surface area contributed by atoms with Gasteiger partial charge < -0.3 is 14.7 Å². The van der Waals surface area contributed by atoms with E-state index in [1.54, 1.807) is 0 Å². The van der Waals surface area contributed by atoms with Gasteiger partial charge in [0.1, 0.15) is 11.6 Å². The highest BCUT2D eigenvalue weighted by molar-refractivity contribution is 6.00. The van der Waals surface area contributed by atoms with Crippen LogP contribution in [0.2, 0.25) is 0 Å². The molecule has 4 heterocycles. The van der Waals surface area contributed by atoms with Crippen LogP contribution in [0.25, 0.3) is 21.9 Å². The van der Waals surface area contributed by atoms with Gasteiger partial charge in [0.2, 0.25) is 0 Å². The van der Waals surface area contributed by atoms with Crippen LogP contribution in [0.15, 0.2) is 49.1 Å². The van der Waals surface area contributed by atoms with Crippen LogP contribution in [0, 0.1) is 12.3 Å². The lowest BCUT2D eigenvalue weighted by Gasteiger charge is -2.47. The third-order valence-electron chi connectivity index (χ3n) is 8.16. The van der Waals surface area contributed by atoms with Crippen LogP contribution < -0.4 is 4.90 Å². The number of hydrogen-bond donors (Lipinski definition) is 1. The second-order valence-electron chi connectivity index (χ2n) is 11.4. The summed E-state index contributed by atoms with van der Waals surface area (Å²) >= 11 is 0. The average Bonchev–Trinajstić information content (AvgIpc) is 3.23. The van der Waals surface area contributed by atoms with Crippen LogP contribution in [0.1, 0.15) is 37.1 Å². The number of benzene rings is 2. The molecular weight excluding hydrogens is 434 g/mol. The zero-order valence-corrected chi connectivity index (χ0v) is 21.1. The molecule has 3 aliphatic heterocycles. The first-order chi connectivity index (χ1) is 16.8. The van der Waals surface area contributed by atoms with Gasteiger partial charge in [-0.25, -0.2) is 4.98 Å². The number of anilines is 1. The second-order valence-corrected chi connectivity index (χ2v) is 11.4. The summed E-state index contributed by atoms with van der Waals surface area (Å²) < 4.78 is 6.28. The number of ether oxygens (including phenoxy) is 1. The van der Waals surface area contributed by atoms with Crippen LogP contribution in [0.4, 0.5) is 5.82 Å². The van der Waals surface area contributed by atoms with Crippen molar-refractivity contribution < 1.29 is 9.84 Å². The minimum absolute atomic E-state index is 0.240. The second kappa shape index (κ2) is 8.07. The maximum absolute atomic E-state index is 10.6. The summed E-state index contributed by atoms with van der Waals surface area (Å²) in [4.78, 5) is 10.3. The van der Waals surface area contributed by atoms with E-state index in [1.807, 2.05) is 24.3 Å². The molecule has 5 heteroatoms. The largest absolute Gasteiger partial charge is 0.508 e. The van der Waals surface area contributed by atoms with E-state index in [9.17, 15) is 5.11 Å². The van der Waals surface area contributed by atoms with E-state index < -0.39 is 0 Å². The van der Waals surface area contributed by atoms with Crippen LogP contribution in [-0.4, -0.2) is 53.3 Å². The Kier molecular flexibility index (Phi) is 5.20. The molecule has 3 aliphatic rings. The fourth-order valence-electron chi connectivity index (χ4n) is 6.55. The minimum Gasteiger partial charge on any atom is -0.508 e. The Morgan fingerprint density at radius 3 is 2.77 bits per heavy atom. The third-order valence-corrected chi connectivity index (χ3v) is 8.16. The zero-order valence-electron chi connectivity index (χ0n) is 21.1. The van der Waals surface area contributed by atoms with E-state index in [-0.39, 0.29) is 5.60 Å². The number of aromatic hydroxyl groups is 1. The minimum atomic E-state index is -0.240. The van der Waals surface area contributed by atoms with Gasteiger partial charge in [-0.2, -0.15) is 0 Å².